The molecular weight excluding hydrogens is 387 g/mol. The van der Waals surface area contributed by atoms with Gasteiger partial charge in [0.05, 0.1) is 43.3 Å². The third-order valence-corrected chi connectivity index (χ3v) is 5.11. The predicted octanol–water partition coefficient (Wildman–Crippen LogP) is 0.967. The van der Waals surface area contributed by atoms with E-state index in [-0.39, 0.29) is 24.2 Å². The van der Waals surface area contributed by atoms with Crippen LogP contribution in [0.15, 0.2) is 42.2 Å². The van der Waals surface area contributed by atoms with Crippen molar-refractivity contribution < 1.29 is 4.39 Å². The number of amidine groups is 1. The fraction of sp³-hybridized carbons (Fsp3) is 0.368. The molecule has 0 unspecified atom stereocenters. The maximum atomic E-state index is 12.3. The van der Waals surface area contributed by atoms with Crippen LogP contribution in [0.25, 0.3) is 11.1 Å². The minimum Gasteiger partial charge on any atom is -0.383 e. The zero-order valence-electron chi connectivity index (χ0n) is 16.5. The Bertz CT molecular complexity index is 952. The molecule has 0 aromatic carbocycles. The molecule has 3 heterocycles. The Morgan fingerprint density at radius 1 is 1.37 bits per heavy atom. The molecule has 3 rings (SSSR count). The maximum Gasteiger partial charge on any atom is 0.173 e. The zero-order chi connectivity index (χ0) is 21.5. The zero-order valence-corrected chi connectivity index (χ0v) is 16.5. The summed E-state index contributed by atoms with van der Waals surface area (Å²) in [6, 6.07) is 4.26. The van der Waals surface area contributed by atoms with E-state index in [1.165, 1.54) is 11.1 Å². The molecule has 0 radical (unpaired) electrons. The van der Waals surface area contributed by atoms with E-state index in [9.17, 15) is 4.39 Å². The number of hydrazone groups is 1. The van der Waals surface area contributed by atoms with E-state index in [0.717, 1.165) is 37.1 Å². The van der Waals surface area contributed by atoms with E-state index in [0.29, 0.717) is 18.4 Å². The Balaban J connectivity index is 1.79. The van der Waals surface area contributed by atoms with E-state index in [1.807, 2.05) is 10.9 Å². The molecule has 30 heavy (non-hydrogen) atoms. The third-order valence-electron chi connectivity index (χ3n) is 5.11. The average molecular weight is 412 g/mol. The van der Waals surface area contributed by atoms with Gasteiger partial charge in [-0.1, -0.05) is 0 Å². The lowest BCUT2D eigenvalue weighted by molar-refractivity contribution is 0.197. The van der Waals surface area contributed by atoms with Gasteiger partial charge in [0, 0.05) is 36.6 Å². The van der Waals surface area contributed by atoms with Crippen LogP contribution in [0.3, 0.4) is 0 Å². The normalized spacial score (nSPS) is 16.1. The van der Waals surface area contributed by atoms with Gasteiger partial charge in [-0.2, -0.15) is 15.5 Å². The quantitative estimate of drug-likeness (QED) is 0.209. The van der Waals surface area contributed by atoms with Crippen molar-refractivity contribution in [3.05, 3.63) is 42.6 Å². The van der Waals surface area contributed by atoms with Crippen molar-refractivity contribution in [2.45, 2.75) is 18.9 Å². The second kappa shape index (κ2) is 9.82. The summed E-state index contributed by atoms with van der Waals surface area (Å²) in [6.45, 7) is 2.27. The third kappa shape index (κ3) is 4.73. The number of nitrogen functional groups attached to an aromatic ring is 1. The fourth-order valence-electron chi connectivity index (χ4n) is 3.48. The molecule has 0 bridgehead atoms. The summed E-state index contributed by atoms with van der Waals surface area (Å²) in [6.07, 6.45) is 8.86. The van der Waals surface area contributed by atoms with Crippen LogP contribution in [0, 0.1) is 11.3 Å². The van der Waals surface area contributed by atoms with Gasteiger partial charge in [-0.25, -0.2) is 15.2 Å². The fourth-order valence-corrected chi connectivity index (χ4v) is 3.48. The molecule has 0 spiro atoms. The summed E-state index contributed by atoms with van der Waals surface area (Å²) in [5.41, 5.74) is 8.09. The molecule has 158 valence electrons. The number of halogens is 1. The molecule has 0 amide bonds. The highest BCUT2D eigenvalue weighted by atomic mass is 19.1. The van der Waals surface area contributed by atoms with Crippen LogP contribution < -0.4 is 17.4 Å². The van der Waals surface area contributed by atoms with Crippen LogP contribution in [0.2, 0.25) is 0 Å². The van der Waals surface area contributed by atoms with E-state index in [2.05, 4.69) is 26.2 Å². The van der Waals surface area contributed by atoms with Gasteiger partial charge in [0.15, 0.2) is 5.84 Å². The molecule has 1 aliphatic rings. The van der Waals surface area contributed by atoms with Crippen molar-refractivity contribution in [1.29, 1.82) is 5.26 Å². The van der Waals surface area contributed by atoms with Gasteiger partial charge in [0.2, 0.25) is 0 Å². The van der Waals surface area contributed by atoms with Crippen LogP contribution in [0.4, 0.5) is 10.2 Å². The minimum absolute atomic E-state index is 0.0681. The van der Waals surface area contributed by atoms with Crippen molar-refractivity contribution in [3.63, 3.8) is 0 Å². The summed E-state index contributed by atoms with van der Waals surface area (Å²) in [5.74, 6) is 11.8. The molecule has 2 aromatic heterocycles. The Morgan fingerprint density at radius 2 is 2.13 bits per heavy atom. The standard InChI is InChI=1S/C19H25FN10/c20-4-1-6-29(24)19(27-23)17-10-14(11-25-18(17)22)15-12-26-30(13-15)16-2-7-28(8-3-16)9-5-21/h1,4,10-13,16H,2-3,6-9,23-24H2,(H2,22,25)/b4-1+,27-19-. The summed E-state index contributed by atoms with van der Waals surface area (Å²) in [7, 11) is 0. The molecule has 0 atom stereocenters. The van der Waals surface area contributed by atoms with Crippen molar-refractivity contribution >= 4 is 11.7 Å². The van der Waals surface area contributed by atoms with E-state index in [4.69, 9.17) is 22.7 Å². The highest BCUT2D eigenvalue weighted by Crippen LogP contribution is 2.26. The molecule has 1 saturated heterocycles. The van der Waals surface area contributed by atoms with Crippen molar-refractivity contribution in [2.24, 2.45) is 16.8 Å². The van der Waals surface area contributed by atoms with Crippen molar-refractivity contribution in [1.82, 2.24) is 24.7 Å². The van der Waals surface area contributed by atoms with Crippen molar-refractivity contribution in [3.8, 4) is 17.2 Å². The number of nitrogens with two attached hydrogens (primary N) is 3. The van der Waals surface area contributed by atoms with Gasteiger partial charge >= 0.3 is 0 Å². The summed E-state index contributed by atoms with van der Waals surface area (Å²) >= 11 is 0. The first-order chi connectivity index (χ1) is 14.6. The monoisotopic (exact) mass is 412 g/mol. The van der Waals surface area contributed by atoms with Crippen LogP contribution in [0.1, 0.15) is 24.4 Å². The molecule has 1 aliphatic heterocycles. The van der Waals surface area contributed by atoms with Gasteiger partial charge in [-0.15, -0.1) is 0 Å². The van der Waals surface area contributed by atoms with Gasteiger partial charge in [0.1, 0.15) is 5.82 Å². The van der Waals surface area contributed by atoms with E-state index >= 15 is 0 Å². The first-order valence-corrected chi connectivity index (χ1v) is 9.52. The lowest BCUT2D eigenvalue weighted by Gasteiger charge is -2.30. The molecular formula is C19H25FN10. The number of hydrazine groups is 1. The number of piperidine rings is 1. The van der Waals surface area contributed by atoms with Gasteiger partial charge < -0.3 is 11.6 Å². The van der Waals surface area contributed by atoms with Crippen LogP contribution in [-0.4, -0.2) is 56.7 Å². The smallest absolute Gasteiger partial charge is 0.173 e. The Labute approximate surface area is 174 Å². The SMILES string of the molecule is N#CCN1CCC(n2cc(-c3cnc(N)c(/C(=N/N)N(N)C/C=C/F)c3)cn2)CC1. The average Bonchev–Trinajstić information content (AvgIpc) is 3.25. The summed E-state index contributed by atoms with van der Waals surface area (Å²) in [5, 5.41) is 18.2. The van der Waals surface area contributed by atoms with Gasteiger partial charge in [-0.05, 0) is 25.0 Å². The maximum absolute atomic E-state index is 12.3. The number of anilines is 1. The topological polar surface area (TPSA) is 151 Å². The predicted molar refractivity (Wildman–Crippen MR) is 112 cm³/mol. The molecule has 0 saturated carbocycles. The number of rotatable bonds is 6. The lowest BCUT2D eigenvalue weighted by Crippen LogP contribution is -2.39. The first kappa shape index (κ1) is 21.2. The Kier molecular flexibility index (Phi) is 6.95. The van der Waals surface area contributed by atoms with E-state index in [1.54, 1.807) is 18.5 Å². The van der Waals surface area contributed by atoms with Gasteiger partial charge in [-0.3, -0.25) is 14.6 Å². The molecule has 2 aromatic rings. The number of hydrogen-bond donors (Lipinski definition) is 3. The lowest BCUT2D eigenvalue weighted by atomic mass is 10.1. The summed E-state index contributed by atoms with van der Waals surface area (Å²) < 4.78 is 14.3. The highest BCUT2D eigenvalue weighted by molar-refractivity contribution is 6.02. The number of hydrogen-bond acceptors (Lipinski definition) is 8. The minimum atomic E-state index is 0.0681. The summed E-state index contributed by atoms with van der Waals surface area (Å²) in [4.78, 5) is 6.37. The molecule has 11 heteroatoms. The number of nitriles is 1. The number of aromatic nitrogens is 3. The number of pyridine rings is 1. The molecule has 6 N–H and O–H groups in total. The van der Waals surface area contributed by atoms with Crippen LogP contribution >= 0.6 is 0 Å². The Morgan fingerprint density at radius 3 is 2.80 bits per heavy atom. The molecule has 1 fully saturated rings. The largest absolute Gasteiger partial charge is 0.383 e. The van der Waals surface area contributed by atoms with Gasteiger partial charge in [0.25, 0.3) is 0 Å². The van der Waals surface area contributed by atoms with Crippen LogP contribution in [0.5, 0.6) is 0 Å². The second-order valence-electron chi connectivity index (χ2n) is 7.00. The number of likely N-dealkylation sites (tertiary alicyclic amines) is 1. The number of nitrogens with zero attached hydrogens (tertiary/aromatic N) is 7. The highest BCUT2D eigenvalue weighted by Gasteiger charge is 2.21. The first-order valence-electron chi connectivity index (χ1n) is 9.52. The van der Waals surface area contributed by atoms with Crippen molar-refractivity contribution in [2.75, 3.05) is 31.9 Å². The van der Waals surface area contributed by atoms with E-state index < -0.39 is 0 Å². The molecule has 10 nitrogen and oxygen atoms in total. The second-order valence-corrected chi connectivity index (χ2v) is 7.00. The van der Waals surface area contributed by atoms with Crippen LogP contribution in [-0.2, 0) is 0 Å². The molecule has 0 aliphatic carbocycles. The Hall–Kier alpha value is -3.49.